The summed E-state index contributed by atoms with van der Waals surface area (Å²) >= 11 is 7.93. The van der Waals surface area contributed by atoms with Gasteiger partial charge in [-0.25, -0.2) is 4.79 Å². The highest BCUT2D eigenvalue weighted by atomic mass is 35.5. The van der Waals surface area contributed by atoms with Crippen LogP contribution in [0.4, 0.5) is 10.5 Å². The van der Waals surface area contributed by atoms with Gasteiger partial charge in [0.15, 0.2) is 0 Å². The average molecular weight is 440 g/mol. The maximum atomic E-state index is 13.5. The lowest BCUT2D eigenvalue weighted by atomic mass is 9.94. The van der Waals surface area contributed by atoms with Crippen molar-refractivity contribution in [1.82, 2.24) is 9.47 Å². The molecule has 1 aliphatic carbocycles. The van der Waals surface area contributed by atoms with E-state index in [4.69, 9.17) is 11.6 Å². The average Bonchev–Trinajstić information content (AvgIpc) is 3.31. The second-order valence-corrected chi connectivity index (χ2v) is 10.1. The van der Waals surface area contributed by atoms with Gasteiger partial charge in [0.2, 0.25) is 0 Å². The molecule has 1 atom stereocenters. The van der Waals surface area contributed by atoms with Crippen LogP contribution < -0.4 is 5.32 Å². The van der Waals surface area contributed by atoms with Crippen molar-refractivity contribution >= 4 is 34.7 Å². The lowest BCUT2D eigenvalue weighted by Gasteiger charge is -2.33. The number of carbonyl (C=O) groups excluding carboxylic acids is 1. The van der Waals surface area contributed by atoms with Crippen LogP contribution in [0.15, 0.2) is 42.6 Å². The van der Waals surface area contributed by atoms with E-state index in [-0.39, 0.29) is 12.1 Å². The molecule has 4 nitrogen and oxygen atoms in total. The normalized spacial score (nSPS) is 17.9. The van der Waals surface area contributed by atoms with E-state index < -0.39 is 0 Å². The molecule has 1 aromatic carbocycles. The molecule has 2 aliphatic rings. The SMILES string of the molecule is CC(C)C1c2cccn2-c2sc3c(c2CN1C(=O)Nc1ccc(Cl)cc1)CCCC3. The van der Waals surface area contributed by atoms with E-state index in [1.807, 2.05) is 28.4 Å². The van der Waals surface area contributed by atoms with Crippen molar-refractivity contribution in [1.29, 1.82) is 0 Å². The summed E-state index contributed by atoms with van der Waals surface area (Å²) in [5, 5.41) is 5.06. The number of hydrogen-bond donors (Lipinski definition) is 1. The molecule has 0 fully saturated rings. The molecule has 2 aromatic heterocycles. The number of nitrogens with zero attached hydrogens (tertiary/aromatic N) is 2. The number of aryl methyl sites for hydroxylation is 1. The fourth-order valence-corrected chi connectivity index (χ4v) is 6.38. The minimum Gasteiger partial charge on any atom is -0.311 e. The minimum atomic E-state index is -0.0626. The van der Waals surface area contributed by atoms with E-state index in [0.717, 1.165) is 18.5 Å². The van der Waals surface area contributed by atoms with Crippen LogP contribution >= 0.6 is 22.9 Å². The number of nitrogens with one attached hydrogen (secondary N) is 1. The van der Waals surface area contributed by atoms with Crippen molar-refractivity contribution in [3.63, 3.8) is 0 Å². The molecule has 0 bridgehead atoms. The molecule has 0 saturated carbocycles. The number of rotatable bonds is 2. The summed E-state index contributed by atoms with van der Waals surface area (Å²) in [6, 6.07) is 11.5. The van der Waals surface area contributed by atoms with E-state index >= 15 is 0 Å². The highest BCUT2D eigenvalue weighted by Gasteiger charge is 2.36. The fraction of sp³-hybridized carbons (Fsp3) is 0.375. The topological polar surface area (TPSA) is 37.3 Å². The van der Waals surface area contributed by atoms with E-state index in [1.54, 1.807) is 12.1 Å². The second kappa shape index (κ2) is 7.78. The number of thiophene rings is 1. The molecule has 1 N–H and O–H groups in total. The predicted octanol–water partition coefficient (Wildman–Crippen LogP) is 6.82. The molecule has 0 saturated heterocycles. The molecule has 6 heteroatoms. The van der Waals surface area contributed by atoms with Gasteiger partial charge >= 0.3 is 6.03 Å². The van der Waals surface area contributed by atoms with Crippen LogP contribution in [0.5, 0.6) is 0 Å². The highest BCUT2D eigenvalue weighted by Crippen LogP contribution is 2.44. The smallest absolute Gasteiger partial charge is 0.311 e. The number of halogens is 1. The number of hydrogen-bond acceptors (Lipinski definition) is 2. The van der Waals surface area contributed by atoms with Gasteiger partial charge in [-0.15, -0.1) is 11.3 Å². The summed E-state index contributed by atoms with van der Waals surface area (Å²) in [6.07, 6.45) is 6.94. The Morgan fingerprint density at radius 1 is 1.13 bits per heavy atom. The molecule has 30 heavy (non-hydrogen) atoms. The Kier molecular flexibility index (Phi) is 5.11. The lowest BCUT2D eigenvalue weighted by molar-refractivity contribution is 0.161. The monoisotopic (exact) mass is 439 g/mol. The highest BCUT2D eigenvalue weighted by molar-refractivity contribution is 7.15. The Morgan fingerprint density at radius 2 is 1.90 bits per heavy atom. The summed E-state index contributed by atoms with van der Waals surface area (Å²) in [7, 11) is 0. The summed E-state index contributed by atoms with van der Waals surface area (Å²) in [4.78, 5) is 17.1. The third-order valence-corrected chi connectivity index (χ3v) is 7.80. The van der Waals surface area contributed by atoms with Gasteiger partial charge in [-0.05, 0) is 73.6 Å². The van der Waals surface area contributed by atoms with Gasteiger partial charge < -0.3 is 14.8 Å². The Labute approximate surface area is 186 Å². The van der Waals surface area contributed by atoms with Crippen molar-refractivity contribution in [3.05, 3.63) is 69.3 Å². The number of amides is 2. The molecular formula is C24H26ClN3OS. The van der Waals surface area contributed by atoms with Gasteiger partial charge in [-0.2, -0.15) is 0 Å². The van der Waals surface area contributed by atoms with Crippen molar-refractivity contribution < 1.29 is 4.79 Å². The number of anilines is 1. The first-order valence-electron chi connectivity index (χ1n) is 10.7. The standard InChI is InChI=1S/C24H26ClN3OS/c1-15(2)22-20-7-5-13-27(20)23-19(18-6-3-4-8-21(18)30-23)14-28(22)24(29)26-17-11-9-16(25)10-12-17/h5,7,9-13,15,22H,3-4,6,8,14H2,1-2H3,(H,26,29). The van der Waals surface area contributed by atoms with Crippen LogP contribution in [0, 0.1) is 5.92 Å². The van der Waals surface area contributed by atoms with E-state index in [1.165, 1.54) is 39.5 Å². The second-order valence-electron chi connectivity index (χ2n) is 8.55. The van der Waals surface area contributed by atoms with E-state index in [0.29, 0.717) is 17.5 Å². The Hall–Kier alpha value is -2.24. The van der Waals surface area contributed by atoms with Gasteiger partial charge in [0, 0.05) is 33.0 Å². The quantitative estimate of drug-likeness (QED) is 0.467. The molecule has 1 aliphatic heterocycles. The Balaban J connectivity index is 1.58. The van der Waals surface area contributed by atoms with Crippen molar-refractivity contribution in [3.8, 4) is 5.00 Å². The largest absolute Gasteiger partial charge is 0.322 e. The third-order valence-electron chi connectivity index (χ3n) is 6.21. The molecule has 1 unspecified atom stereocenters. The summed E-state index contributed by atoms with van der Waals surface area (Å²) < 4.78 is 2.33. The first-order chi connectivity index (χ1) is 14.5. The zero-order valence-corrected chi connectivity index (χ0v) is 18.9. The molecule has 5 rings (SSSR count). The lowest BCUT2D eigenvalue weighted by Crippen LogP contribution is -2.39. The molecule has 3 aromatic rings. The van der Waals surface area contributed by atoms with Crippen LogP contribution in [0.1, 0.15) is 54.4 Å². The molecular weight excluding hydrogens is 414 g/mol. The van der Waals surface area contributed by atoms with Crippen LogP contribution in [-0.2, 0) is 19.4 Å². The van der Waals surface area contributed by atoms with Gasteiger partial charge in [0.1, 0.15) is 5.00 Å². The zero-order valence-electron chi connectivity index (χ0n) is 17.3. The van der Waals surface area contributed by atoms with E-state index in [2.05, 4.69) is 42.1 Å². The summed E-state index contributed by atoms with van der Waals surface area (Å²) in [5.41, 5.74) is 4.77. The Morgan fingerprint density at radius 3 is 2.67 bits per heavy atom. The number of fused-ring (bicyclic) bond motifs is 5. The Bertz CT molecular complexity index is 1080. The van der Waals surface area contributed by atoms with Crippen molar-refractivity contribution in [2.24, 2.45) is 5.92 Å². The first-order valence-corrected chi connectivity index (χ1v) is 11.9. The third kappa shape index (κ3) is 3.34. The van der Waals surface area contributed by atoms with Gasteiger partial charge in [0.05, 0.1) is 12.6 Å². The van der Waals surface area contributed by atoms with Gasteiger partial charge in [-0.1, -0.05) is 25.4 Å². The molecule has 3 heterocycles. The summed E-state index contributed by atoms with van der Waals surface area (Å²) in [5.74, 6) is 0.291. The number of carbonyl (C=O) groups is 1. The molecule has 0 spiro atoms. The van der Waals surface area contributed by atoms with Crippen LogP contribution in [0.3, 0.4) is 0 Å². The fourth-order valence-electron chi connectivity index (χ4n) is 4.85. The first kappa shape index (κ1) is 19.7. The predicted molar refractivity (Wildman–Crippen MR) is 124 cm³/mol. The number of aromatic nitrogens is 1. The van der Waals surface area contributed by atoms with Crippen LogP contribution in [-0.4, -0.2) is 15.5 Å². The van der Waals surface area contributed by atoms with Crippen molar-refractivity contribution in [2.75, 3.05) is 5.32 Å². The molecule has 0 radical (unpaired) electrons. The number of urea groups is 1. The van der Waals surface area contributed by atoms with E-state index in [9.17, 15) is 4.79 Å². The maximum Gasteiger partial charge on any atom is 0.322 e. The summed E-state index contributed by atoms with van der Waals surface area (Å²) in [6.45, 7) is 5.03. The van der Waals surface area contributed by atoms with Gasteiger partial charge in [-0.3, -0.25) is 0 Å². The molecule has 156 valence electrons. The molecule has 2 amide bonds. The zero-order chi connectivity index (χ0) is 20.8. The van der Waals surface area contributed by atoms with Crippen molar-refractivity contribution in [2.45, 2.75) is 52.1 Å². The van der Waals surface area contributed by atoms with Gasteiger partial charge in [0.25, 0.3) is 0 Å². The maximum absolute atomic E-state index is 13.5. The van der Waals surface area contributed by atoms with Crippen LogP contribution in [0.2, 0.25) is 5.02 Å². The van der Waals surface area contributed by atoms with Crippen LogP contribution in [0.25, 0.3) is 5.00 Å². The number of benzene rings is 1. The minimum absolute atomic E-state index is 0.00569.